The molecule has 0 saturated heterocycles. The normalized spacial score (nSPS) is 12.0. The third-order valence-electron chi connectivity index (χ3n) is 4.67. The summed E-state index contributed by atoms with van der Waals surface area (Å²) in [4.78, 5) is 11.4. The van der Waals surface area contributed by atoms with Crippen molar-refractivity contribution in [2.75, 3.05) is 13.7 Å². The van der Waals surface area contributed by atoms with Gasteiger partial charge in [0.05, 0.1) is 7.11 Å². The van der Waals surface area contributed by atoms with Crippen LogP contribution in [0.25, 0.3) is 0 Å². The van der Waals surface area contributed by atoms with Crippen LogP contribution in [0.3, 0.4) is 0 Å². The Hall–Kier alpha value is -1.75. The van der Waals surface area contributed by atoms with Crippen LogP contribution < -0.4 is 4.74 Å². The van der Waals surface area contributed by atoms with E-state index in [4.69, 9.17) is 14.6 Å². The summed E-state index contributed by atoms with van der Waals surface area (Å²) in [5, 5.41) is 18.5. The van der Waals surface area contributed by atoms with E-state index < -0.39 is 0 Å². The van der Waals surface area contributed by atoms with E-state index >= 15 is 0 Å². The standard InChI is InChI=1S/C22H36O5/c1-18(24)27-21(15-19-14-20(25)17-22(16-19)26-2)12-10-8-6-4-3-5-7-9-11-13-23/h14,16-17,21,23,25H,3-13,15H2,1-2H3/t21-/m1/s1. The van der Waals surface area contributed by atoms with Crippen LogP contribution >= 0.6 is 0 Å². The first-order chi connectivity index (χ1) is 13.0. The Kier molecular flexibility index (Phi) is 12.4. The minimum Gasteiger partial charge on any atom is -0.508 e. The monoisotopic (exact) mass is 380 g/mol. The number of methoxy groups -OCH3 is 1. The molecule has 0 aromatic heterocycles. The van der Waals surface area contributed by atoms with Crippen molar-refractivity contribution < 1.29 is 24.5 Å². The van der Waals surface area contributed by atoms with Gasteiger partial charge in [-0.25, -0.2) is 0 Å². The topological polar surface area (TPSA) is 76.0 Å². The minimum absolute atomic E-state index is 0.157. The number of aromatic hydroxyl groups is 1. The average molecular weight is 381 g/mol. The van der Waals surface area contributed by atoms with Crippen molar-refractivity contribution in [3.8, 4) is 11.5 Å². The second-order valence-corrected chi connectivity index (χ2v) is 7.17. The first-order valence-corrected chi connectivity index (χ1v) is 10.2. The van der Waals surface area contributed by atoms with Crippen molar-refractivity contribution in [3.63, 3.8) is 0 Å². The van der Waals surface area contributed by atoms with Crippen molar-refractivity contribution in [1.82, 2.24) is 0 Å². The van der Waals surface area contributed by atoms with Gasteiger partial charge in [-0.1, -0.05) is 44.9 Å². The molecule has 0 spiro atoms. The molecule has 0 aliphatic heterocycles. The second kappa shape index (κ2) is 14.3. The van der Waals surface area contributed by atoms with Gasteiger partial charge in [-0.2, -0.15) is 0 Å². The Balaban J connectivity index is 2.30. The zero-order valence-electron chi connectivity index (χ0n) is 16.9. The number of aliphatic hydroxyl groups excluding tert-OH is 1. The first kappa shape index (κ1) is 23.3. The predicted molar refractivity (Wildman–Crippen MR) is 107 cm³/mol. The summed E-state index contributed by atoms with van der Waals surface area (Å²) >= 11 is 0. The molecule has 5 nitrogen and oxygen atoms in total. The van der Waals surface area contributed by atoms with Crippen LogP contribution in [-0.4, -0.2) is 36.0 Å². The molecule has 0 bridgehead atoms. The zero-order chi connectivity index (χ0) is 19.9. The molecule has 1 rings (SSSR count). The number of carbonyl (C=O) groups excluding carboxylic acids is 1. The van der Waals surface area contributed by atoms with Gasteiger partial charge in [-0.15, -0.1) is 0 Å². The Bertz CT molecular complexity index is 529. The van der Waals surface area contributed by atoms with E-state index in [0.717, 1.165) is 37.7 Å². The summed E-state index contributed by atoms with van der Waals surface area (Å²) in [5.41, 5.74) is 0.904. The molecule has 0 heterocycles. The van der Waals surface area contributed by atoms with Crippen molar-refractivity contribution in [1.29, 1.82) is 0 Å². The summed E-state index contributed by atoms with van der Waals surface area (Å²) in [7, 11) is 1.56. The molecule has 0 unspecified atom stereocenters. The maximum atomic E-state index is 11.4. The number of carbonyl (C=O) groups is 1. The molecule has 0 saturated carbocycles. The number of hydrogen-bond donors (Lipinski definition) is 2. The van der Waals surface area contributed by atoms with Crippen molar-refractivity contribution >= 4 is 5.97 Å². The third-order valence-corrected chi connectivity index (χ3v) is 4.67. The molecule has 0 fully saturated rings. The molecule has 1 aromatic carbocycles. The highest BCUT2D eigenvalue weighted by molar-refractivity contribution is 5.66. The van der Waals surface area contributed by atoms with Crippen LogP contribution in [0, 0.1) is 0 Å². The lowest BCUT2D eigenvalue weighted by Gasteiger charge is -2.18. The molecule has 154 valence electrons. The van der Waals surface area contributed by atoms with Gasteiger partial charge in [-0.05, 0) is 37.0 Å². The van der Waals surface area contributed by atoms with E-state index in [1.165, 1.54) is 39.0 Å². The lowest BCUT2D eigenvalue weighted by atomic mass is 10.0. The van der Waals surface area contributed by atoms with Crippen LogP contribution in [0.2, 0.25) is 0 Å². The van der Waals surface area contributed by atoms with Gasteiger partial charge in [0, 0.05) is 26.0 Å². The fourth-order valence-electron chi connectivity index (χ4n) is 3.30. The van der Waals surface area contributed by atoms with E-state index in [2.05, 4.69) is 0 Å². The van der Waals surface area contributed by atoms with Crippen LogP contribution in [0.1, 0.15) is 76.7 Å². The molecule has 0 radical (unpaired) electrons. The largest absolute Gasteiger partial charge is 0.508 e. The number of unbranched alkanes of at least 4 members (excludes halogenated alkanes) is 8. The Morgan fingerprint density at radius 2 is 1.56 bits per heavy atom. The number of phenolic OH excluding ortho intramolecular Hbond substituents is 1. The number of esters is 1. The maximum absolute atomic E-state index is 11.4. The summed E-state index contributed by atoms with van der Waals surface area (Å²) in [6, 6.07) is 5.12. The summed E-state index contributed by atoms with van der Waals surface area (Å²) in [6.07, 6.45) is 11.6. The summed E-state index contributed by atoms with van der Waals surface area (Å²) in [5.74, 6) is 0.491. The van der Waals surface area contributed by atoms with Crippen molar-refractivity contribution in [3.05, 3.63) is 23.8 Å². The average Bonchev–Trinajstić information content (AvgIpc) is 2.62. The highest BCUT2D eigenvalue weighted by atomic mass is 16.5. The molecule has 5 heteroatoms. The van der Waals surface area contributed by atoms with Crippen LogP contribution in [0.4, 0.5) is 0 Å². The van der Waals surface area contributed by atoms with Crippen LogP contribution in [0.15, 0.2) is 18.2 Å². The van der Waals surface area contributed by atoms with E-state index in [0.29, 0.717) is 18.8 Å². The summed E-state index contributed by atoms with van der Waals surface area (Å²) in [6.45, 7) is 1.74. The van der Waals surface area contributed by atoms with Crippen LogP contribution in [-0.2, 0) is 16.0 Å². The molecule has 0 amide bonds. The van der Waals surface area contributed by atoms with E-state index in [9.17, 15) is 9.90 Å². The quantitative estimate of drug-likeness (QED) is 0.339. The number of aliphatic hydroxyl groups is 1. The molecule has 1 aromatic rings. The van der Waals surface area contributed by atoms with Crippen LogP contribution in [0.5, 0.6) is 11.5 Å². The van der Waals surface area contributed by atoms with E-state index in [-0.39, 0.29) is 17.8 Å². The smallest absolute Gasteiger partial charge is 0.302 e. The molecule has 0 aliphatic carbocycles. The number of rotatable bonds is 15. The molecule has 2 N–H and O–H groups in total. The predicted octanol–water partition coefficient (Wildman–Crippen LogP) is 4.77. The number of benzene rings is 1. The van der Waals surface area contributed by atoms with Gasteiger partial charge in [0.2, 0.25) is 0 Å². The van der Waals surface area contributed by atoms with Crippen molar-refractivity contribution in [2.45, 2.75) is 83.7 Å². The van der Waals surface area contributed by atoms with Gasteiger partial charge in [-0.3, -0.25) is 4.79 Å². The Morgan fingerprint density at radius 1 is 0.963 bits per heavy atom. The van der Waals surface area contributed by atoms with E-state index in [1.54, 1.807) is 19.2 Å². The number of phenols is 1. The Labute approximate surface area is 163 Å². The molecular weight excluding hydrogens is 344 g/mol. The molecular formula is C22H36O5. The minimum atomic E-state index is -0.269. The number of hydrogen-bond acceptors (Lipinski definition) is 5. The first-order valence-electron chi connectivity index (χ1n) is 10.2. The van der Waals surface area contributed by atoms with Gasteiger partial charge in [0.15, 0.2) is 0 Å². The molecule has 27 heavy (non-hydrogen) atoms. The molecule has 1 atom stereocenters. The Morgan fingerprint density at radius 3 is 2.11 bits per heavy atom. The maximum Gasteiger partial charge on any atom is 0.302 e. The van der Waals surface area contributed by atoms with Gasteiger partial charge in [0.1, 0.15) is 17.6 Å². The van der Waals surface area contributed by atoms with Gasteiger partial charge >= 0.3 is 5.97 Å². The highest BCUT2D eigenvalue weighted by Gasteiger charge is 2.14. The fourth-order valence-corrected chi connectivity index (χ4v) is 3.30. The lowest BCUT2D eigenvalue weighted by Crippen LogP contribution is -2.19. The lowest BCUT2D eigenvalue weighted by molar-refractivity contribution is -0.146. The van der Waals surface area contributed by atoms with Crippen molar-refractivity contribution in [2.24, 2.45) is 0 Å². The highest BCUT2D eigenvalue weighted by Crippen LogP contribution is 2.24. The van der Waals surface area contributed by atoms with Gasteiger partial charge in [0.25, 0.3) is 0 Å². The zero-order valence-corrected chi connectivity index (χ0v) is 16.9. The fraction of sp³-hybridized carbons (Fsp3) is 0.682. The second-order valence-electron chi connectivity index (χ2n) is 7.17. The third kappa shape index (κ3) is 11.5. The number of ether oxygens (including phenoxy) is 2. The molecule has 0 aliphatic rings. The summed E-state index contributed by atoms with van der Waals surface area (Å²) < 4.78 is 10.7. The van der Waals surface area contributed by atoms with E-state index in [1.807, 2.05) is 6.07 Å². The van der Waals surface area contributed by atoms with Gasteiger partial charge < -0.3 is 19.7 Å². The SMILES string of the molecule is COc1cc(O)cc(C[C@@H](CCCCCCCCCCCO)OC(C)=O)c1.